The standard InChI is InChI=1S/C29H25N9O11S3/c1-10-5-16(38-28(31-10)34-20(35-38)25(45)46)50-7-11-8-51-23-18(22(42)37(23)19(11)24(43)44)33-21(41)17(13-9-52-27(30)32-13)36-49-29(2,26(47)48)12-3-4-14(39)15(40)6-12/h3-6,9,18,23,39-40H,7-8H2,1-2H3,(H2,30,32)(H,33,41)(H,43,44)(H,45,46)(H,47,48)/b36-17-/t18-,23-,29?/m1/s1. The van der Waals surface area contributed by atoms with E-state index < -0.39 is 69.8 Å². The van der Waals surface area contributed by atoms with Crippen LogP contribution in [0.5, 0.6) is 11.5 Å². The van der Waals surface area contributed by atoms with Crippen LogP contribution in [0.15, 0.2) is 51.1 Å². The van der Waals surface area contributed by atoms with E-state index in [9.17, 15) is 49.5 Å². The molecule has 1 fully saturated rings. The Morgan fingerprint density at radius 2 is 1.87 bits per heavy atom. The third-order valence-electron chi connectivity index (χ3n) is 7.76. The molecule has 52 heavy (non-hydrogen) atoms. The number of hydrogen-bond acceptors (Lipinski definition) is 17. The van der Waals surface area contributed by atoms with Gasteiger partial charge in [0.15, 0.2) is 22.3 Å². The summed E-state index contributed by atoms with van der Waals surface area (Å²) in [6.07, 6.45) is 0. The molecule has 270 valence electrons. The zero-order chi connectivity index (χ0) is 37.6. The van der Waals surface area contributed by atoms with E-state index in [2.05, 4.69) is 30.5 Å². The number of thiazole rings is 1. The fraction of sp³-hybridized carbons (Fsp3) is 0.241. The largest absolute Gasteiger partial charge is 0.504 e. The van der Waals surface area contributed by atoms with Crippen molar-refractivity contribution in [1.29, 1.82) is 0 Å². The molecular formula is C29H25N9O11S3. The number of β-lactam (4-membered cyclic amide) rings is 1. The van der Waals surface area contributed by atoms with Crippen molar-refractivity contribution in [3.05, 3.63) is 63.7 Å². The lowest BCUT2D eigenvalue weighted by molar-refractivity contribution is -0.165. The van der Waals surface area contributed by atoms with Crippen molar-refractivity contribution in [3.8, 4) is 11.5 Å². The SMILES string of the molecule is Cc1cc(SCC2=C(C(=O)O)N3C(=O)[C@@H](NC(=O)/C(=N\OC(C)(C(=O)O)c4ccc(O)c(O)c4)c4csc(N)n4)[C@H]3SC2)n2nc(C(=O)O)nc2n1. The Kier molecular flexibility index (Phi) is 9.41. The van der Waals surface area contributed by atoms with Gasteiger partial charge in [-0.05, 0) is 37.6 Å². The van der Waals surface area contributed by atoms with Crippen LogP contribution < -0.4 is 11.1 Å². The van der Waals surface area contributed by atoms with Crippen LogP contribution in [-0.2, 0) is 29.6 Å². The van der Waals surface area contributed by atoms with E-state index in [1.807, 2.05) is 0 Å². The number of carboxylic acid groups (broad SMARTS) is 3. The summed E-state index contributed by atoms with van der Waals surface area (Å²) < 4.78 is 1.23. The lowest BCUT2D eigenvalue weighted by atomic mass is 9.96. The number of carboxylic acids is 3. The van der Waals surface area contributed by atoms with Crippen molar-refractivity contribution in [3.63, 3.8) is 0 Å². The number of aromatic hydroxyl groups is 2. The molecule has 8 N–H and O–H groups in total. The van der Waals surface area contributed by atoms with Crippen LogP contribution in [0.3, 0.4) is 0 Å². The number of anilines is 1. The molecule has 1 saturated heterocycles. The monoisotopic (exact) mass is 771 g/mol. The molecule has 4 aromatic rings. The topological polar surface area (TPSA) is 305 Å². The summed E-state index contributed by atoms with van der Waals surface area (Å²) in [4.78, 5) is 81.8. The number of rotatable bonds is 12. The van der Waals surface area contributed by atoms with Crippen molar-refractivity contribution in [2.75, 3.05) is 17.2 Å². The van der Waals surface area contributed by atoms with E-state index >= 15 is 0 Å². The molecule has 5 heterocycles. The summed E-state index contributed by atoms with van der Waals surface area (Å²) in [5, 5.41) is 60.3. The van der Waals surface area contributed by atoms with Crippen LogP contribution in [0.25, 0.3) is 5.78 Å². The van der Waals surface area contributed by atoms with Gasteiger partial charge >= 0.3 is 17.9 Å². The molecule has 2 amide bonds. The molecule has 2 aliphatic heterocycles. The summed E-state index contributed by atoms with van der Waals surface area (Å²) in [7, 11) is 0. The van der Waals surface area contributed by atoms with Gasteiger partial charge in [0.2, 0.25) is 0 Å². The first-order valence-corrected chi connectivity index (χ1v) is 17.5. The van der Waals surface area contributed by atoms with E-state index in [4.69, 9.17) is 10.6 Å². The predicted octanol–water partition coefficient (Wildman–Crippen LogP) is 0.832. The van der Waals surface area contributed by atoms with Gasteiger partial charge in [0, 0.05) is 28.1 Å². The normalized spacial score (nSPS) is 18.4. The fourth-order valence-electron chi connectivity index (χ4n) is 5.09. The lowest BCUT2D eigenvalue weighted by Gasteiger charge is -2.49. The Morgan fingerprint density at radius 1 is 1.12 bits per heavy atom. The highest BCUT2D eigenvalue weighted by Gasteiger charge is 2.54. The van der Waals surface area contributed by atoms with Crippen LogP contribution in [0.1, 0.15) is 34.5 Å². The van der Waals surface area contributed by atoms with E-state index in [0.717, 1.165) is 47.1 Å². The van der Waals surface area contributed by atoms with Crippen molar-refractivity contribution < 1.29 is 54.3 Å². The fourth-order valence-corrected chi connectivity index (χ4v) is 8.17. The number of hydrogen-bond donors (Lipinski definition) is 7. The molecule has 0 spiro atoms. The number of aromatic carboxylic acids is 1. The number of nitrogen functional groups attached to an aromatic ring is 1. The van der Waals surface area contributed by atoms with Gasteiger partial charge in [-0.25, -0.2) is 24.4 Å². The molecule has 1 aromatic carbocycles. The summed E-state index contributed by atoms with van der Waals surface area (Å²) in [6.45, 7) is 2.77. The molecule has 3 atom stereocenters. The first-order chi connectivity index (χ1) is 24.6. The van der Waals surface area contributed by atoms with E-state index in [0.29, 0.717) is 16.3 Å². The third kappa shape index (κ3) is 6.51. The minimum Gasteiger partial charge on any atom is -0.504 e. The minimum absolute atomic E-state index is 0.0316. The lowest BCUT2D eigenvalue weighted by Crippen LogP contribution is -2.71. The molecule has 2 aliphatic rings. The van der Waals surface area contributed by atoms with Crippen LogP contribution in [0.4, 0.5) is 5.13 Å². The number of aromatic nitrogens is 5. The molecule has 0 radical (unpaired) electrons. The Morgan fingerprint density at radius 3 is 2.50 bits per heavy atom. The van der Waals surface area contributed by atoms with Crippen molar-refractivity contribution in [1.82, 2.24) is 34.8 Å². The number of benzene rings is 1. The van der Waals surface area contributed by atoms with Crippen molar-refractivity contribution >= 4 is 81.2 Å². The molecule has 23 heteroatoms. The number of aryl methyl sites for hydroxylation is 1. The average molecular weight is 772 g/mol. The Labute approximate surface area is 303 Å². The highest BCUT2D eigenvalue weighted by atomic mass is 32.2. The van der Waals surface area contributed by atoms with Gasteiger partial charge in [0.05, 0.1) is 0 Å². The molecule has 6 rings (SSSR count). The number of fused-ring (bicyclic) bond motifs is 2. The Balaban J connectivity index is 1.23. The van der Waals surface area contributed by atoms with Crippen LogP contribution in [0.2, 0.25) is 0 Å². The van der Waals surface area contributed by atoms with Gasteiger partial charge in [-0.15, -0.1) is 40.0 Å². The highest BCUT2D eigenvalue weighted by Crippen LogP contribution is 2.42. The van der Waals surface area contributed by atoms with E-state index in [1.54, 1.807) is 13.0 Å². The first kappa shape index (κ1) is 35.9. The Bertz CT molecular complexity index is 2250. The van der Waals surface area contributed by atoms with Gasteiger partial charge in [0.25, 0.3) is 29.0 Å². The van der Waals surface area contributed by atoms with Gasteiger partial charge in [0.1, 0.15) is 27.8 Å². The van der Waals surface area contributed by atoms with Gasteiger partial charge in [-0.2, -0.15) is 9.50 Å². The van der Waals surface area contributed by atoms with Gasteiger partial charge < -0.3 is 41.4 Å². The minimum atomic E-state index is -2.29. The molecule has 0 aliphatic carbocycles. The second-order valence-electron chi connectivity index (χ2n) is 11.2. The maximum absolute atomic E-state index is 13.6. The number of nitrogens with zero attached hydrogens (tertiary/aromatic N) is 7. The van der Waals surface area contributed by atoms with Crippen LogP contribution in [-0.4, -0.2) is 113 Å². The number of carbonyl (C=O) groups is 5. The van der Waals surface area contributed by atoms with E-state index in [1.165, 1.54) is 27.7 Å². The number of aliphatic carboxylic acids is 2. The second kappa shape index (κ2) is 13.6. The molecule has 0 bridgehead atoms. The zero-order valence-electron chi connectivity index (χ0n) is 26.6. The second-order valence-corrected chi connectivity index (χ2v) is 14.2. The number of phenolic OH excluding ortho intramolecular Hbond substituents is 2. The van der Waals surface area contributed by atoms with Crippen LogP contribution in [0, 0.1) is 6.92 Å². The summed E-state index contributed by atoms with van der Waals surface area (Å²) >= 11 is 3.26. The predicted molar refractivity (Wildman–Crippen MR) is 182 cm³/mol. The maximum atomic E-state index is 13.6. The number of phenols is 2. The van der Waals surface area contributed by atoms with Crippen LogP contribution >= 0.6 is 34.9 Å². The molecular weight excluding hydrogens is 747 g/mol. The van der Waals surface area contributed by atoms with Gasteiger partial charge in [-0.1, -0.05) is 11.2 Å². The summed E-state index contributed by atoms with van der Waals surface area (Å²) in [5.74, 6) is -7.42. The first-order valence-electron chi connectivity index (χ1n) is 14.6. The zero-order valence-corrected chi connectivity index (χ0v) is 29.0. The number of carbonyl (C=O) groups excluding carboxylic acids is 2. The van der Waals surface area contributed by atoms with Crippen molar-refractivity contribution in [2.45, 2.75) is 35.9 Å². The maximum Gasteiger partial charge on any atom is 0.375 e. The molecule has 3 aromatic heterocycles. The number of nitrogens with one attached hydrogen (secondary N) is 1. The summed E-state index contributed by atoms with van der Waals surface area (Å²) in [5.41, 5.74) is 3.26. The molecule has 0 saturated carbocycles. The smallest absolute Gasteiger partial charge is 0.375 e. The number of nitrogens with two attached hydrogens (primary N) is 1. The highest BCUT2D eigenvalue weighted by molar-refractivity contribution is 8.01. The number of oxime groups is 1. The number of thioether (sulfide) groups is 2. The quantitative estimate of drug-likeness (QED) is 0.0262. The molecule has 1 unspecified atom stereocenters. The average Bonchev–Trinajstić information content (AvgIpc) is 3.73. The Hall–Kier alpha value is -5.94. The third-order valence-corrected chi connectivity index (χ3v) is 10.9. The van der Waals surface area contributed by atoms with Crippen molar-refractivity contribution in [2.24, 2.45) is 5.16 Å². The van der Waals surface area contributed by atoms with Gasteiger partial charge in [-0.3, -0.25) is 14.5 Å². The van der Waals surface area contributed by atoms with E-state index in [-0.39, 0.29) is 39.4 Å². The summed E-state index contributed by atoms with van der Waals surface area (Å²) in [6, 6.07) is 3.56. The number of amides is 2. The molecule has 20 nitrogen and oxygen atoms in total.